The highest BCUT2D eigenvalue weighted by atomic mass is 32.2. The maximum atomic E-state index is 12.7. The van der Waals surface area contributed by atoms with Gasteiger partial charge in [0.1, 0.15) is 5.84 Å². The van der Waals surface area contributed by atoms with Crippen molar-refractivity contribution in [3.8, 4) is 0 Å². The molecular weight excluding hydrogens is 386 g/mol. The first-order valence-electron chi connectivity index (χ1n) is 8.44. The van der Waals surface area contributed by atoms with Gasteiger partial charge in [0.2, 0.25) is 0 Å². The molecule has 0 fully saturated rings. The first kappa shape index (κ1) is 19.4. The molecule has 0 aliphatic carbocycles. The van der Waals surface area contributed by atoms with Crippen LogP contribution in [0, 0.1) is 13.8 Å². The zero-order valence-corrected chi connectivity index (χ0v) is 16.7. The number of aliphatic imine (C=N–C) groups is 1. The Morgan fingerprint density at radius 1 is 0.926 bits per heavy atom. The van der Waals surface area contributed by atoms with Crippen molar-refractivity contribution in [1.29, 1.82) is 0 Å². The van der Waals surface area contributed by atoms with Crippen LogP contribution >= 0.6 is 0 Å². The van der Waals surface area contributed by atoms with E-state index in [1.807, 2.05) is 6.92 Å². The lowest BCUT2D eigenvalue weighted by atomic mass is 10.2. The number of hydrogen-bond acceptors (Lipinski definition) is 5. The van der Waals surface area contributed by atoms with Crippen LogP contribution in [0.2, 0.25) is 0 Å². The summed E-state index contributed by atoms with van der Waals surface area (Å²) in [4.78, 5) is 4.22. The molecule has 0 saturated heterocycles. The van der Waals surface area contributed by atoms with E-state index in [-0.39, 0.29) is 15.5 Å². The zero-order chi connectivity index (χ0) is 19.7. The minimum absolute atomic E-state index is 0.0297. The number of sulfonamides is 2. The number of anilines is 1. The molecule has 0 spiro atoms. The second-order valence-electron chi connectivity index (χ2n) is 6.44. The molecule has 0 bridgehead atoms. The van der Waals surface area contributed by atoms with Crippen LogP contribution in [0.25, 0.3) is 0 Å². The lowest BCUT2D eigenvalue weighted by molar-refractivity contribution is 0.591. The summed E-state index contributed by atoms with van der Waals surface area (Å²) in [6.45, 7) is 4.20. The number of nitrogens with zero attached hydrogens (tertiary/aromatic N) is 1. The Hall–Kier alpha value is -2.39. The van der Waals surface area contributed by atoms with Crippen LogP contribution in [-0.2, 0) is 20.0 Å². The van der Waals surface area contributed by atoms with Gasteiger partial charge >= 0.3 is 0 Å². The van der Waals surface area contributed by atoms with Gasteiger partial charge in [-0.05, 0) is 50.1 Å². The van der Waals surface area contributed by atoms with E-state index in [1.54, 1.807) is 19.1 Å². The van der Waals surface area contributed by atoms with Gasteiger partial charge in [0.25, 0.3) is 20.0 Å². The molecule has 2 N–H and O–H groups in total. The number of nitrogens with one attached hydrogen (secondary N) is 2. The molecule has 0 aromatic heterocycles. The molecule has 0 saturated carbocycles. The molecule has 0 radical (unpaired) electrons. The minimum Gasteiger partial charge on any atom is -0.280 e. The molecule has 1 heterocycles. The molecule has 2 aromatic carbocycles. The summed E-state index contributed by atoms with van der Waals surface area (Å²) < 4.78 is 55.3. The second kappa shape index (κ2) is 7.32. The van der Waals surface area contributed by atoms with E-state index in [0.29, 0.717) is 24.4 Å². The predicted octanol–water partition coefficient (Wildman–Crippen LogP) is 2.57. The monoisotopic (exact) mass is 407 g/mol. The summed E-state index contributed by atoms with van der Waals surface area (Å²) in [5.41, 5.74) is 1.75. The molecule has 27 heavy (non-hydrogen) atoms. The highest BCUT2D eigenvalue weighted by Crippen LogP contribution is 2.22. The number of rotatable bonds is 5. The molecule has 0 amide bonds. The Balaban J connectivity index is 1.87. The van der Waals surface area contributed by atoms with E-state index >= 15 is 0 Å². The van der Waals surface area contributed by atoms with Crippen LogP contribution in [0.1, 0.15) is 24.0 Å². The average Bonchev–Trinajstić information content (AvgIpc) is 3.06. The van der Waals surface area contributed by atoms with E-state index in [1.165, 1.54) is 30.3 Å². The maximum Gasteiger partial charge on any atom is 0.262 e. The zero-order valence-electron chi connectivity index (χ0n) is 15.1. The first-order chi connectivity index (χ1) is 12.7. The van der Waals surface area contributed by atoms with Gasteiger partial charge in [-0.1, -0.05) is 23.8 Å². The van der Waals surface area contributed by atoms with Gasteiger partial charge in [-0.25, -0.2) is 16.8 Å². The van der Waals surface area contributed by atoms with Gasteiger partial charge in [-0.15, -0.1) is 0 Å². The highest BCUT2D eigenvalue weighted by Gasteiger charge is 2.21. The van der Waals surface area contributed by atoms with Gasteiger partial charge in [0, 0.05) is 13.0 Å². The van der Waals surface area contributed by atoms with E-state index in [0.717, 1.165) is 12.0 Å². The third-order valence-corrected chi connectivity index (χ3v) is 7.06. The molecule has 2 aromatic rings. The van der Waals surface area contributed by atoms with E-state index in [4.69, 9.17) is 0 Å². The van der Waals surface area contributed by atoms with Crippen molar-refractivity contribution in [3.63, 3.8) is 0 Å². The molecule has 9 heteroatoms. The molecular formula is C18H21N3O4S2. The van der Waals surface area contributed by atoms with Gasteiger partial charge < -0.3 is 0 Å². The number of benzene rings is 2. The lowest BCUT2D eigenvalue weighted by Gasteiger charge is -2.12. The highest BCUT2D eigenvalue weighted by molar-refractivity contribution is 7.92. The standard InChI is InChI=1S/C18H21N3O4S2/c1-13-8-9-17(14(2)11-13)27(24,25)20-15-5-3-6-16(12-15)26(22,23)21-18-7-4-10-19-18/h3,5-6,8-9,11-12,20H,4,7,10H2,1-2H3,(H,19,21). The molecule has 0 atom stereocenters. The Bertz CT molecular complexity index is 1110. The van der Waals surface area contributed by atoms with Crippen LogP contribution < -0.4 is 9.44 Å². The Kier molecular flexibility index (Phi) is 5.25. The maximum absolute atomic E-state index is 12.7. The normalized spacial score (nSPS) is 14.7. The van der Waals surface area contributed by atoms with E-state index in [9.17, 15) is 16.8 Å². The number of hydrogen-bond donors (Lipinski definition) is 2. The molecule has 1 aliphatic rings. The Morgan fingerprint density at radius 2 is 1.70 bits per heavy atom. The molecule has 1 aliphatic heterocycles. The van der Waals surface area contributed by atoms with E-state index < -0.39 is 20.0 Å². The topological polar surface area (TPSA) is 105 Å². The van der Waals surface area contributed by atoms with Crippen molar-refractivity contribution in [3.05, 3.63) is 53.6 Å². The molecule has 7 nitrogen and oxygen atoms in total. The smallest absolute Gasteiger partial charge is 0.262 e. The quantitative estimate of drug-likeness (QED) is 0.795. The van der Waals surface area contributed by atoms with Crippen molar-refractivity contribution in [2.24, 2.45) is 4.99 Å². The molecule has 0 unspecified atom stereocenters. The summed E-state index contributed by atoms with van der Waals surface area (Å²) in [6.07, 6.45) is 1.39. The summed E-state index contributed by atoms with van der Waals surface area (Å²) in [5, 5.41) is 0. The number of aryl methyl sites for hydroxylation is 2. The van der Waals surface area contributed by atoms with Crippen molar-refractivity contribution in [1.82, 2.24) is 4.72 Å². The summed E-state index contributed by atoms with van der Waals surface area (Å²) in [7, 11) is -7.65. The summed E-state index contributed by atoms with van der Waals surface area (Å²) in [6, 6.07) is 10.7. The van der Waals surface area contributed by atoms with Crippen molar-refractivity contribution in [2.75, 3.05) is 11.3 Å². The fourth-order valence-electron chi connectivity index (χ4n) is 2.87. The fraction of sp³-hybridized carbons (Fsp3) is 0.278. The van der Waals surface area contributed by atoms with Crippen molar-refractivity contribution < 1.29 is 16.8 Å². The van der Waals surface area contributed by atoms with Crippen LogP contribution in [0.3, 0.4) is 0 Å². The van der Waals surface area contributed by atoms with Crippen molar-refractivity contribution >= 4 is 31.6 Å². The van der Waals surface area contributed by atoms with Crippen LogP contribution in [0.15, 0.2) is 57.2 Å². The van der Waals surface area contributed by atoms with Crippen LogP contribution in [0.5, 0.6) is 0 Å². The van der Waals surface area contributed by atoms with Gasteiger partial charge in [-0.2, -0.15) is 0 Å². The van der Waals surface area contributed by atoms with Crippen LogP contribution in [-0.4, -0.2) is 29.2 Å². The second-order valence-corrected chi connectivity index (χ2v) is 9.77. The average molecular weight is 408 g/mol. The Labute approximate surface area is 159 Å². The predicted molar refractivity (Wildman–Crippen MR) is 105 cm³/mol. The fourth-order valence-corrected chi connectivity index (χ4v) is 5.29. The third kappa shape index (κ3) is 4.48. The van der Waals surface area contributed by atoms with Gasteiger partial charge in [-0.3, -0.25) is 14.4 Å². The SMILES string of the molecule is Cc1ccc(S(=O)(=O)Nc2cccc(S(=O)(=O)NC3=NCCC3)c2)c(C)c1. The first-order valence-corrected chi connectivity index (χ1v) is 11.4. The summed E-state index contributed by atoms with van der Waals surface area (Å²) in [5.74, 6) is 0.427. The van der Waals surface area contributed by atoms with Crippen molar-refractivity contribution in [2.45, 2.75) is 36.5 Å². The third-order valence-electron chi connectivity index (χ3n) is 4.14. The largest absolute Gasteiger partial charge is 0.280 e. The Morgan fingerprint density at radius 3 is 2.37 bits per heavy atom. The van der Waals surface area contributed by atoms with E-state index in [2.05, 4.69) is 14.4 Å². The van der Waals surface area contributed by atoms with Gasteiger partial charge in [0.05, 0.1) is 15.5 Å². The molecule has 3 rings (SSSR count). The lowest BCUT2D eigenvalue weighted by Crippen LogP contribution is -2.29. The number of amidine groups is 1. The molecule has 144 valence electrons. The minimum atomic E-state index is -3.83. The van der Waals surface area contributed by atoms with Crippen LogP contribution in [0.4, 0.5) is 5.69 Å². The summed E-state index contributed by atoms with van der Waals surface area (Å²) >= 11 is 0. The van der Waals surface area contributed by atoms with Gasteiger partial charge in [0.15, 0.2) is 0 Å².